The van der Waals surface area contributed by atoms with Crippen LogP contribution in [0.4, 0.5) is 0 Å². The van der Waals surface area contributed by atoms with E-state index in [-0.39, 0.29) is 35.5 Å². The lowest BCUT2D eigenvalue weighted by Crippen LogP contribution is -2.41. The van der Waals surface area contributed by atoms with Crippen LogP contribution < -0.4 is 11.1 Å². The number of rotatable bonds is 7. The van der Waals surface area contributed by atoms with Gasteiger partial charge in [-0.15, -0.1) is 24.0 Å². The molecule has 0 amide bonds. The molecule has 0 aromatic rings. The third-order valence-corrected chi connectivity index (χ3v) is 3.70. The molecule has 6 heteroatoms. The predicted octanol–water partition coefficient (Wildman–Crippen LogP) is 3.74. The summed E-state index contributed by atoms with van der Waals surface area (Å²) in [5, 5.41) is 3.31. The lowest BCUT2D eigenvalue weighted by molar-refractivity contribution is -0.154. The second-order valence-corrected chi connectivity index (χ2v) is 7.14. The second-order valence-electron chi connectivity index (χ2n) is 7.14. The SMILES string of the molecule is CC(C)(C)OC(=O)CCCCCN=C(N)NC1CCCCC1.I. The van der Waals surface area contributed by atoms with Gasteiger partial charge in [-0.05, 0) is 46.5 Å². The molecule has 0 heterocycles. The summed E-state index contributed by atoms with van der Waals surface area (Å²) in [4.78, 5) is 15.9. The molecule has 0 aliphatic heterocycles. The Kier molecular flexibility index (Phi) is 11.6. The molecule has 0 bridgehead atoms. The Labute approximate surface area is 158 Å². The van der Waals surface area contributed by atoms with Crippen LogP contribution in [0.2, 0.25) is 0 Å². The molecule has 0 atom stereocenters. The Morgan fingerprint density at radius 1 is 1.17 bits per heavy atom. The molecular weight excluding hydrogens is 405 g/mol. The molecule has 1 aliphatic rings. The Balaban J connectivity index is 0.00000484. The predicted molar refractivity (Wildman–Crippen MR) is 106 cm³/mol. The van der Waals surface area contributed by atoms with E-state index in [0.29, 0.717) is 18.4 Å². The number of guanidine groups is 1. The summed E-state index contributed by atoms with van der Waals surface area (Å²) in [6.45, 7) is 6.39. The number of ether oxygens (including phenoxy) is 1. The molecule has 0 saturated heterocycles. The van der Waals surface area contributed by atoms with Crippen molar-refractivity contribution in [1.82, 2.24) is 5.32 Å². The van der Waals surface area contributed by atoms with Gasteiger partial charge in [0.25, 0.3) is 0 Å². The summed E-state index contributed by atoms with van der Waals surface area (Å²) >= 11 is 0. The largest absolute Gasteiger partial charge is 0.460 e. The van der Waals surface area contributed by atoms with Gasteiger partial charge in [0.15, 0.2) is 5.96 Å². The molecule has 0 aromatic heterocycles. The maximum absolute atomic E-state index is 11.5. The van der Waals surface area contributed by atoms with Crippen LogP contribution in [0.15, 0.2) is 4.99 Å². The van der Waals surface area contributed by atoms with Crippen molar-refractivity contribution < 1.29 is 9.53 Å². The smallest absolute Gasteiger partial charge is 0.306 e. The summed E-state index contributed by atoms with van der Waals surface area (Å²) in [6, 6.07) is 0.504. The highest BCUT2D eigenvalue weighted by atomic mass is 127. The third-order valence-electron chi connectivity index (χ3n) is 3.70. The maximum Gasteiger partial charge on any atom is 0.306 e. The average Bonchev–Trinajstić information content (AvgIpc) is 2.42. The molecular formula is C17H34IN3O2. The molecule has 23 heavy (non-hydrogen) atoms. The van der Waals surface area contributed by atoms with Gasteiger partial charge in [0.05, 0.1) is 0 Å². The van der Waals surface area contributed by atoms with Crippen LogP contribution in [-0.2, 0) is 9.53 Å². The van der Waals surface area contributed by atoms with Gasteiger partial charge >= 0.3 is 5.97 Å². The fourth-order valence-corrected chi connectivity index (χ4v) is 2.65. The van der Waals surface area contributed by atoms with E-state index in [1.807, 2.05) is 20.8 Å². The minimum atomic E-state index is -0.388. The highest BCUT2D eigenvalue weighted by Crippen LogP contribution is 2.17. The first-order chi connectivity index (χ1) is 10.4. The Hall–Kier alpha value is -0.530. The van der Waals surface area contributed by atoms with E-state index in [9.17, 15) is 4.79 Å². The van der Waals surface area contributed by atoms with Crippen molar-refractivity contribution in [2.24, 2.45) is 10.7 Å². The summed E-state index contributed by atoms with van der Waals surface area (Å²) in [6.07, 6.45) is 9.57. The number of unbranched alkanes of at least 4 members (excludes halogenated alkanes) is 2. The van der Waals surface area contributed by atoms with Crippen LogP contribution in [0.3, 0.4) is 0 Å². The highest BCUT2D eigenvalue weighted by Gasteiger charge is 2.15. The molecule has 1 rings (SSSR count). The van der Waals surface area contributed by atoms with E-state index in [0.717, 1.165) is 25.8 Å². The molecule has 0 aromatic carbocycles. The molecule has 136 valence electrons. The number of halogens is 1. The van der Waals surface area contributed by atoms with Crippen LogP contribution >= 0.6 is 24.0 Å². The molecule has 1 saturated carbocycles. The number of nitrogens with zero attached hydrogens (tertiary/aromatic N) is 1. The molecule has 0 radical (unpaired) electrons. The molecule has 5 nitrogen and oxygen atoms in total. The van der Waals surface area contributed by atoms with Gasteiger partial charge < -0.3 is 15.8 Å². The monoisotopic (exact) mass is 439 g/mol. The minimum absolute atomic E-state index is 0. The fourth-order valence-electron chi connectivity index (χ4n) is 2.65. The van der Waals surface area contributed by atoms with Crippen LogP contribution in [0.1, 0.15) is 78.6 Å². The molecule has 0 spiro atoms. The second kappa shape index (κ2) is 11.9. The van der Waals surface area contributed by atoms with Gasteiger partial charge in [-0.3, -0.25) is 9.79 Å². The normalized spacial score (nSPS) is 16.6. The number of esters is 1. The van der Waals surface area contributed by atoms with Crippen LogP contribution in [0, 0.1) is 0 Å². The summed E-state index contributed by atoms with van der Waals surface area (Å²) in [7, 11) is 0. The van der Waals surface area contributed by atoms with E-state index in [1.165, 1.54) is 32.1 Å². The highest BCUT2D eigenvalue weighted by molar-refractivity contribution is 14.0. The Bertz CT molecular complexity index is 361. The van der Waals surface area contributed by atoms with Crippen molar-refractivity contribution in [1.29, 1.82) is 0 Å². The van der Waals surface area contributed by atoms with Gasteiger partial charge in [-0.1, -0.05) is 25.7 Å². The van der Waals surface area contributed by atoms with E-state index >= 15 is 0 Å². The van der Waals surface area contributed by atoms with E-state index in [4.69, 9.17) is 10.5 Å². The quantitative estimate of drug-likeness (QED) is 0.208. The lowest BCUT2D eigenvalue weighted by Gasteiger charge is -2.23. The Morgan fingerprint density at radius 3 is 2.43 bits per heavy atom. The lowest BCUT2D eigenvalue weighted by atomic mass is 9.96. The van der Waals surface area contributed by atoms with Crippen molar-refractivity contribution in [2.75, 3.05) is 6.54 Å². The number of hydrogen-bond acceptors (Lipinski definition) is 3. The number of hydrogen-bond donors (Lipinski definition) is 2. The topological polar surface area (TPSA) is 76.7 Å². The summed E-state index contributed by atoms with van der Waals surface area (Å²) < 4.78 is 5.27. The van der Waals surface area contributed by atoms with Crippen molar-refractivity contribution in [3.05, 3.63) is 0 Å². The molecule has 0 unspecified atom stereocenters. The number of carbonyl (C=O) groups excluding carboxylic acids is 1. The van der Waals surface area contributed by atoms with E-state index in [1.54, 1.807) is 0 Å². The van der Waals surface area contributed by atoms with E-state index < -0.39 is 0 Å². The summed E-state index contributed by atoms with van der Waals surface area (Å²) in [5.74, 6) is 0.452. The zero-order valence-electron chi connectivity index (χ0n) is 14.9. The van der Waals surface area contributed by atoms with Crippen LogP contribution in [0.25, 0.3) is 0 Å². The van der Waals surface area contributed by atoms with Gasteiger partial charge in [-0.2, -0.15) is 0 Å². The van der Waals surface area contributed by atoms with Crippen molar-refractivity contribution >= 4 is 35.9 Å². The van der Waals surface area contributed by atoms with Crippen molar-refractivity contribution in [3.63, 3.8) is 0 Å². The van der Waals surface area contributed by atoms with Crippen LogP contribution in [-0.4, -0.2) is 30.1 Å². The van der Waals surface area contributed by atoms with Crippen LogP contribution in [0.5, 0.6) is 0 Å². The van der Waals surface area contributed by atoms with Crippen molar-refractivity contribution in [2.45, 2.75) is 90.2 Å². The zero-order chi connectivity index (χ0) is 16.4. The summed E-state index contributed by atoms with van der Waals surface area (Å²) in [5.41, 5.74) is 5.51. The number of nitrogens with one attached hydrogen (secondary N) is 1. The average molecular weight is 439 g/mol. The van der Waals surface area contributed by atoms with Gasteiger partial charge in [-0.25, -0.2) is 0 Å². The first-order valence-corrected chi connectivity index (χ1v) is 8.65. The Morgan fingerprint density at radius 2 is 1.83 bits per heavy atom. The molecule has 1 aliphatic carbocycles. The molecule has 1 fully saturated rings. The number of nitrogens with two attached hydrogens (primary N) is 1. The third kappa shape index (κ3) is 12.5. The van der Waals surface area contributed by atoms with Gasteiger partial charge in [0.1, 0.15) is 5.60 Å². The first-order valence-electron chi connectivity index (χ1n) is 8.65. The fraction of sp³-hybridized carbons (Fsp3) is 0.882. The standard InChI is InChI=1S/C17H33N3O2.HI/c1-17(2,3)22-15(21)12-8-5-9-13-19-16(18)20-14-10-6-4-7-11-14;/h14H,4-13H2,1-3H3,(H3,18,19,20);1H. The van der Waals surface area contributed by atoms with E-state index in [2.05, 4.69) is 10.3 Å². The number of aliphatic imine (C=N–C) groups is 1. The maximum atomic E-state index is 11.5. The zero-order valence-corrected chi connectivity index (χ0v) is 17.2. The van der Waals surface area contributed by atoms with Gasteiger partial charge in [0, 0.05) is 19.0 Å². The van der Waals surface area contributed by atoms with Gasteiger partial charge in [0.2, 0.25) is 0 Å². The first kappa shape index (κ1) is 22.5. The minimum Gasteiger partial charge on any atom is -0.460 e. The van der Waals surface area contributed by atoms with Crippen molar-refractivity contribution in [3.8, 4) is 0 Å². The number of carbonyl (C=O) groups is 1. The molecule has 3 N–H and O–H groups in total.